The molecule has 138 valence electrons. The molecule has 0 aliphatic carbocycles. The Kier molecular flexibility index (Phi) is 5.51. The summed E-state index contributed by atoms with van der Waals surface area (Å²) in [6, 6.07) is 16.0. The minimum Gasteiger partial charge on any atom is -0.496 e. The first-order valence-corrected chi connectivity index (χ1v) is 8.16. The molecule has 1 aromatic heterocycles. The Morgan fingerprint density at radius 1 is 0.815 bits per heavy atom. The lowest BCUT2D eigenvalue weighted by Gasteiger charge is -2.13. The molecule has 0 unspecified atom stereocenters. The SMILES string of the molecule is COc1ccc(-c2ccc(NC(=O)c3c(OC)cccc3OC)cc2)nn1. The van der Waals surface area contributed by atoms with E-state index in [1.54, 1.807) is 36.4 Å². The molecule has 7 nitrogen and oxygen atoms in total. The van der Waals surface area contributed by atoms with Crippen molar-refractivity contribution in [3.63, 3.8) is 0 Å². The highest BCUT2D eigenvalue weighted by atomic mass is 16.5. The third-order valence-corrected chi connectivity index (χ3v) is 3.94. The Labute approximate surface area is 156 Å². The first-order chi connectivity index (χ1) is 13.2. The smallest absolute Gasteiger partial charge is 0.263 e. The van der Waals surface area contributed by atoms with E-state index in [-0.39, 0.29) is 5.91 Å². The van der Waals surface area contributed by atoms with Crippen molar-refractivity contribution in [1.29, 1.82) is 0 Å². The highest BCUT2D eigenvalue weighted by Crippen LogP contribution is 2.29. The molecule has 3 rings (SSSR count). The molecule has 7 heteroatoms. The van der Waals surface area contributed by atoms with E-state index in [9.17, 15) is 4.79 Å². The summed E-state index contributed by atoms with van der Waals surface area (Å²) in [5.41, 5.74) is 2.56. The fraction of sp³-hybridized carbons (Fsp3) is 0.150. The molecule has 27 heavy (non-hydrogen) atoms. The maximum atomic E-state index is 12.7. The molecule has 2 aromatic carbocycles. The van der Waals surface area contributed by atoms with Crippen molar-refractivity contribution in [3.05, 3.63) is 60.2 Å². The number of ether oxygens (including phenoxy) is 3. The zero-order chi connectivity index (χ0) is 19.2. The van der Waals surface area contributed by atoms with Crippen LogP contribution in [0.5, 0.6) is 17.4 Å². The molecule has 1 amide bonds. The lowest BCUT2D eigenvalue weighted by Crippen LogP contribution is -2.14. The van der Waals surface area contributed by atoms with E-state index in [0.717, 1.165) is 5.56 Å². The molecular formula is C20H19N3O4. The summed E-state index contributed by atoms with van der Waals surface area (Å²) in [6.45, 7) is 0. The number of aromatic nitrogens is 2. The summed E-state index contributed by atoms with van der Waals surface area (Å²) in [5, 5.41) is 10.9. The van der Waals surface area contributed by atoms with Crippen LogP contribution >= 0.6 is 0 Å². The number of benzene rings is 2. The average Bonchev–Trinajstić information content (AvgIpc) is 2.73. The van der Waals surface area contributed by atoms with E-state index in [0.29, 0.717) is 34.3 Å². The first kappa shape index (κ1) is 18.2. The molecule has 0 saturated heterocycles. The largest absolute Gasteiger partial charge is 0.496 e. The van der Waals surface area contributed by atoms with Crippen molar-refractivity contribution < 1.29 is 19.0 Å². The zero-order valence-corrected chi connectivity index (χ0v) is 15.2. The fourth-order valence-corrected chi connectivity index (χ4v) is 2.58. The molecule has 0 radical (unpaired) electrons. The van der Waals surface area contributed by atoms with E-state index in [1.165, 1.54) is 21.3 Å². The number of hydrogen-bond acceptors (Lipinski definition) is 6. The van der Waals surface area contributed by atoms with Crippen LogP contribution in [0.1, 0.15) is 10.4 Å². The van der Waals surface area contributed by atoms with E-state index in [4.69, 9.17) is 14.2 Å². The van der Waals surface area contributed by atoms with Gasteiger partial charge in [0.1, 0.15) is 17.1 Å². The van der Waals surface area contributed by atoms with Crippen LogP contribution in [-0.4, -0.2) is 37.4 Å². The van der Waals surface area contributed by atoms with E-state index >= 15 is 0 Å². The fourth-order valence-electron chi connectivity index (χ4n) is 2.58. The number of rotatable bonds is 6. The van der Waals surface area contributed by atoms with Gasteiger partial charge in [0.25, 0.3) is 5.91 Å². The van der Waals surface area contributed by atoms with Crippen LogP contribution in [0.4, 0.5) is 5.69 Å². The second kappa shape index (κ2) is 8.18. The Morgan fingerprint density at radius 3 is 2.00 bits per heavy atom. The van der Waals surface area contributed by atoms with Gasteiger partial charge in [0.05, 0.1) is 27.0 Å². The van der Waals surface area contributed by atoms with Crippen LogP contribution in [0.2, 0.25) is 0 Å². The Balaban J connectivity index is 1.79. The molecular weight excluding hydrogens is 346 g/mol. The van der Waals surface area contributed by atoms with Crippen molar-refractivity contribution in [2.45, 2.75) is 0 Å². The molecule has 0 aliphatic heterocycles. The van der Waals surface area contributed by atoms with Gasteiger partial charge < -0.3 is 19.5 Å². The summed E-state index contributed by atoms with van der Waals surface area (Å²) >= 11 is 0. The molecule has 3 aromatic rings. The first-order valence-electron chi connectivity index (χ1n) is 8.16. The molecule has 0 fully saturated rings. The lowest BCUT2D eigenvalue weighted by atomic mass is 10.1. The van der Waals surface area contributed by atoms with Gasteiger partial charge in [-0.1, -0.05) is 18.2 Å². The van der Waals surface area contributed by atoms with Gasteiger partial charge in [-0.05, 0) is 30.3 Å². The highest BCUT2D eigenvalue weighted by molar-refractivity contribution is 6.08. The van der Waals surface area contributed by atoms with Gasteiger partial charge in [-0.25, -0.2) is 0 Å². The summed E-state index contributed by atoms with van der Waals surface area (Å²) in [7, 11) is 4.56. The average molecular weight is 365 g/mol. The number of carbonyl (C=O) groups is 1. The quantitative estimate of drug-likeness (QED) is 0.721. The molecule has 0 atom stereocenters. The van der Waals surface area contributed by atoms with Gasteiger partial charge in [-0.2, -0.15) is 0 Å². The van der Waals surface area contributed by atoms with Crippen LogP contribution in [0, 0.1) is 0 Å². The van der Waals surface area contributed by atoms with Crippen molar-refractivity contribution in [3.8, 4) is 28.6 Å². The lowest BCUT2D eigenvalue weighted by molar-refractivity contribution is 0.102. The Hall–Kier alpha value is -3.61. The Morgan fingerprint density at radius 2 is 1.48 bits per heavy atom. The predicted octanol–water partition coefficient (Wildman–Crippen LogP) is 3.42. The molecule has 1 N–H and O–H groups in total. The number of anilines is 1. The van der Waals surface area contributed by atoms with Gasteiger partial charge in [0.15, 0.2) is 0 Å². The highest BCUT2D eigenvalue weighted by Gasteiger charge is 2.18. The maximum Gasteiger partial charge on any atom is 0.263 e. The van der Waals surface area contributed by atoms with Gasteiger partial charge in [0.2, 0.25) is 5.88 Å². The van der Waals surface area contributed by atoms with Gasteiger partial charge in [-0.15, -0.1) is 10.2 Å². The van der Waals surface area contributed by atoms with Gasteiger partial charge >= 0.3 is 0 Å². The van der Waals surface area contributed by atoms with Crippen LogP contribution in [0.15, 0.2) is 54.6 Å². The number of carbonyl (C=O) groups excluding carboxylic acids is 1. The van der Waals surface area contributed by atoms with Crippen molar-refractivity contribution in [2.24, 2.45) is 0 Å². The van der Waals surface area contributed by atoms with Crippen molar-refractivity contribution >= 4 is 11.6 Å². The Bertz CT molecular complexity index is 903. The van der Waals surface area contributed by atoms with E-state index in [2.05, 4.69) is 15.5 Å². The normalized spacial score (nSPS) is 10.2. The second-order valence-corrected chi connectivity index (χ2v) is 5.53. The number of hydrogen-bond donors (Lipinski definition) is 1. The number of methoxy groups -OCH3 is 3. The summed E-state index contributed by atoms with van der Waals surface area (Å²) in [5.74, 6) is 1.02. The summed E-state index contributed by atoms with van der Waals surface area (Å²) < 4.78 is 15.6. The van der Waals surface area contributed by atoms with Crippen LogP contribution in [0.3, 0.4) is 0 Å². The van der Waals surface area contributed by atoms with Crippen molar-refractivity contribution in [2.75, 3.05) is 26.6 Å². The predicted molar refractivity (Wildman–Crippen MR) is 102 cm³/mol. The molecule has 1 heterocycles. The van der Waals surface area contributed by atoms with Crippen LogP contribution < -0.4 is 19.5 Å². The summed E-state index contributed by atoms with van der Waals surface area (Å²) in [4.78, 5) is 12.7. The standard InChI is InChI=1S/C20H19N3O4/c1-25-16-5-4-6-17(26-2)19(16)20(24)21-14-9-7-13(8-10-14)15-11-12-18(27-3)23-22-15/h4-12H,1-3H3,(H,21,24). The molecule has 0 saturated carbocycles. The zero-order valence-electron chi connectivity index (χ0n) is 15.2. The van der Waals surface area contributed by atoms with Crippen LogP contribution in [-0.2, 0) is 0 Å². The van der Waals surface area contributed by atoms with Crippen molar-refractivity contribution in [1.82, 2.24) is 10.2 Å². The molecule has 0 bridgehead atoms. The second-order valence-electron chi connectivity index (χ2n) is 5.53. The van der Waals surface area contributed by atoms with E-state index < -0.39 is 0 Å². The number of nitrogens with one attached hydrogen (secondary N) is 1. The third-order valence-electron chi connectivity index (χ3n) is 3.94. The topological polar surface area (TPSA) is 82.6 Å². The molecule has 0 spiro atoms. The summed E-state index contributed by atoms with van der Waals surface area (Å²) in [6.07, 6.45) is 0. The monoisotopic (exact) mass is 365 g/mol. The van der Waals surface area contributed by atoms with Crippen LogP contribution in [0.25, 0.3) is 11.3 Å². The molecule has 0 aliphatic rings. The van der Waals surface area contributed by atoms with E-state index in [1.807, 2.05) is 18.2 Å². The van der Waals surface area contributed by atoms with Gasteiger partial charge in [0, 0.05) is 17.3 Å². The minimum absolute atomic E-state index is 0.318. The third kappa shape index (κ3) is 3.98. The maximum absolute atomic E-state index is 12.7. The minimum atomic E-state index is -0.318. The number of nitrogens with zero attached hydrogens (tertiary/aromatic N) is 2. The van der Waals surface area contributed by atoms with Gasteiger partial charge in [-0.3, -0.25) is 4.79 Å². The number of amides is 1.